The van der Waals surface area contributed by atoms with Gasteiger partial charge in [-0.25, -0.2) is 8.42 Å². The van der Waals surface area contributed by atoms with Crippen molar-refractivity contribution in [1.29, 1.82) is 0 Å². The Bertz CT molecular complexity index is 829. The van der Waals surface area contributed by atoms with E-state index in [-0.39, 0.29) is 18.1 Å². The fraction of sp³-hybridized carbons (Fsp3) is 0.200. The van der Waals surface area contributed by atoms with E-state index in [4.69, 9.17) is 23.2 Å². The molecule has 0 aliphatic carbocycles. The molecule has 0 bridgehead atoms. The minimum atomic E-state index is -3.60. The molecule has 1 amide bonds. The van der Waals surface area contributed by atoms with Gasteiger partial charge in [0.2, 0.25) is 15.9 Å². The standard InChI is InChI=1S/C15H15Cl2N3O3S/c1-24(22,23)20(9-11-5-2-3-8-18-11)10-14(21)19-13-7-4-6-12(16)15(13)17/h2-8H,9-10H2,1H3,(H,19,21). The zero-order chi connectivity index (χ0) is 17.7. The first kappa shape index (κ1) is 18.7. The highest BCUT2D eigenvalue weighted by Crippen LogP contribution is 2.29. The Morgan fingerprint density at radius 2 is 1.96 bits per heavy atom. The predicted octanol–water partition coefficient (Wildman–Crippen LogP) is 2.79. The molecule has 0 aliphatic rings. The molecule has 6 nitrogen and oxygen atoms in total. The van der Waals surface area contributed by atoms with Crippen molar-refractivity contribution in [3.8, 4) is 0 Å². The maximum Gasteiger partial charge on any atom is 0.239 e. The molecule has 128 valence electrons. The van der Waals surface area contributed by atoms with Gasteiger partial charge in [-0.05, 0) is 24.3 Å². The van der Waals surface area contributed by atoms with E-state index in [1.54, 1.807) is 42.6 Å². The van der Waals surface area contributed by atoms with E-state index in [9.17, 15) is 13.2 Å². The second-order valence-corrected chi connectivity index (χ2v) is 7.77. The number of benzene rings is 1. The predicted molar refractivity (Wildman–Crippen MR) is 94.6 cm³/mol. The summed E-state index contributed by atoms with van der Waals surface area (Å²) in [6.45, 7) is -0.366. The topological polar surface area (TPSA) is 79.4 Å². The number of nitrogens with zero attached hydrogens (tertiary/aromatic N) is 2. The lowest BCUT2D eigenvalue weighted by Crippen LogP contribution is -2.37. The highest BCUT2D eigenvalue weighted by Gasteiger charge is 2.21. The molecule has 9 heteroatoms. The minimum Gasteiger partial charge on any atom is -0.324 e. The third-order valence-corrected chi connectivity index (χ3v) is 5.09. The van der Waals surface area contributed by atoms with Crippen LogP contribution in [0.2, 0.25) is 10.0 Å². The molecule has 0 fully saturated rings. The minimum absolute atomic E-state index is 0.00360. The number of carbonyl (C=O) groups excluding carboxylic acids is 1. The number of rotatable bonds is 6. The third kappa shape index (κ3) is 5.17. The van der Waals surface area contributed by atoms with Crippen molar-refractivity contribution in [3.05, 3.63) is 58.3 Å². The van der Waals surface area contributed by atoms with Crippen molar-refractivity contribution in [2.45, 2.75) is 6.54 Å². The number of aromatic nitrogens is 1. The maximum absolute atomic E-state index is 12.2. The van der Waals surface area contributed by atoms with Gasteiger partial charge in [0.05, 0.1) is 40.8 Å². The van der Waals surface area contributed by atoms with Crippen LogP contribution in [0.25, 0.3) is 0 Å². The molecule has 1 N–H and O–H groups in total. The van der Waals surface area contributed by atoms with E-state index in [0.29, 0.717) is 16.4 Å². The number of carbonyl (C=O) groups is 1. The average Bonchev–Trinajstić information content (AvgIpc) is 2.51. The Labute approximate surface area is 150 Å². The summed E-state index contributed by atoms with van der Waals surface area (Å²) in [6.07, 6.45) is 2.59. The van der Waals surface area contributed by atoms with Crippen LogP contribution in [0.5, 0.6) is 0 Å². The molecular weight excluding hydrogens is 373 g/mol. The van der Waals surface area contributed by atoms with Gasteiger partial charge in [-0.3, -0.25) is 9.78 Å². The highest BCUT2D eigenvalue weighted by molar-refractivity contribution is 7.88. The SMILES string of the molecule is CS(=O)(=O)N(CC(=O)Nc1cccc(Cl)c1Cl)Cc1ccccn1. The number of sulfonamides is 1. The van der Waals surface area contributed by atoms with Crippen LogP contribution >= 0.6 is 23.2 Å². The van der Waals surface area contributed by atoms with Crippen LogP contribution < -0.4 is 5.32 Å². The molecule has 2 aromatic rings. The molecule has 0 saturated carbocycles. The number of nitrogens with one attached hydrogen (secondary N) is 1. The summed E-state index contributed by atoms with van der Waals surface area (Å²) < 4.78 is 24.9. The Hall–Kier alpha value is -1.67. The Morgan fingerprint density at radius 1 is 1.21 bits per heavy atom. The highest BCUT2D eigenvalue weighted by atomic mass is 35.5. The molecule has 24 heavy (non-hydrogen) atoms. The summed E-state index contributed by atoms with van der Waals surface area (Å²) >= 11 is 11.9. The first-order chi connectivity index (χ1) is 11.3. The van der Waals surface area contributed by atoms with Gasteiger partial charge in [0.15, 0.2) is 0 Å². The van der Waals surface area contributed by atoms with E-state index in [1.807, 2.05) is 0 Å². The quantitative estimate of drug-likeness (QED) is 0.826. The number of halogens is 2. The molecule has 1 aromatic heterocycles. The van der Waals surface area contributed by atoms with Crippen LogP contribution in [-0.2, 0) is 21.4 Å². The molecule has 0 unspecified atom stereocenters. The van der Waals surface area contributed by atoms with Crippen molar-refractivity contribution in [3.63, 3.8) is 0 Å². The van der Waals surface area contributed by atoms with Crippen LogP contribution in [0.15, 0.2) is 42.6 Å². The lowest BCUT2D eigenvalue weighted by molar-refractivity contribution is -0.116. The largest absolute Gasteiger partial charge is 0.324 e. The van der Waals surface area contributed by atoms with E-state index in [0.717, 1.165) is 10.6 Å². The second kappa shape index (κ2) is 7.94. The van der Waals surface area contributed by atoms with Gasteiger partial charge in [-0.2, -0.15) is 4.31 Å². The van der Waals surface area contributed by atoms with Gasteiger partial charge in [0.1, 0.15) is 0 Å². The number of hydrogen-bond donors (Lipinski definition) is 1. The van der Waals surface area contributed by atoms with Gasteiger partial charge < -0.3 is 5.32 Å². The average molecular weight is 388 g/mol. The summed E-state index contributed by atoms with van der Waals surface area (Å²) in [5.41, 5.74) is 0.858. The summed E-state index contributed by atoms with van der Waals surface area (Å²) in [4.78, 5) is 16.3. The van der Waals surface area contributed by atoms with Gasteiger partial charge in [-0.15, -0.1) is 0 Å². The van der Waals surface area contributed by atoms with E-state index in [2.05, 4.69) is 10.3 Å². The lowest BCUT2D eigenvalue weighted by atomic mass is 10.3. The first-order valence-corrected chi connectivity index (χ1v) is 9.46. The molecule has 1 aromatic carbocycles. The zero-order valence-corrected chi connectivity index (χ0v) is 15.1. The number of pyridine rings is 1. The van der Waals surface area contributed by atoms with Crippen LogP contribution in [0.4, 0.5) is 5.69 Å². The fourth-order valence-corrected chi connectivity index (χ4v) is 2.98. The van der Waals surface area contributed by atoms with Crippen LogP contribution in [0.1, 0.15) is 5.69 Å². The molecule has 0 atom stereocenters. The van der Waals surface area contributed by atoms with Crippen molar-refractivity contribution >= 4 is 44.8 Å². The monoisotopic (exact) mass is 387 g/mol. The number of anilines is 1. The van der Waals surface area contributed by atoms with Crippen molar-refractivity contribution in [2.75, 3.05) is 18.1 Å². The van der Waals surface area contributed by atoms with Crippen molar-refractivity contribution in [1.82, 2.24) is 9.29 Å². The third-order valence-electron chi connectivity index (χ3n) is 3.08. The Kier molecular flexibility index (Phi) is 6.17. The lowest BCUT2D eigenvalue weighted by Gasteiger charge is -2.19. The summed E-state index contributed by atoms with van der Waals surface area (Å²) in [5, 5.41) is 3.05. The Balaban J connectivity index is 2.12. The van der Waals surface area contributed by atoms with Crippen LogP contribution in [-0.4, -0.2) is 36.4 Å². The molecule has 0 spiro atoms. The first-order valence-electron chi connectivity index (χ1n) is 6.86. The van der Waals surface area contributed by atoms with Crippen molar-refractivity contribution in [2.24, 2.45) is 0 Å². The van der Waals surface area contributed by atoms with Crippen LogP contribution in [0, 0.1) is 0 Å². The maximum atomic E-state index is 12.2. The zero-order valence-electron chi connectivity index (χ0n) is 12.7. The number of hydrogen-bond acceptors (Lipinski definition) is 4. The second-order valence-electron chi connectivity index (χ2n) is 5.00. The summed E-state index contributed by atoms with van der Waals surface area (Å²) in [6, 6.07) is 9.95. The fourth-order valence-electron chi connectivity index (χ4n) is 1.91. The molecule has 0 aliphatic heterocycles. The normalized spacial score (nSPS) is 11.5. The molecule has 1 heterocycles. The molecular formula is C15H15Cl2N3O3S. The van der Waals surface area contributed by atoms with Crippen molar-refractivity contribution < 1.29 is 13.2 Å². The van der Waals surface area contributed by atoms with Gasteiger partial charge in [0, 0.05) is 6.20 Å². The summed E-state index contributed by atoms with van der Waals surface area (Å²) in [7, 11) is -3.60. The Morgan fingerprint density at radius 3 is 2.58 bits per heavy atom. The molecule has 0 radical (unpaired) electrons. The van der Waals surface area contributed by atoms with E-state index >= 15 is 0 Å². The van der Waals surface area contributed by atoms with Gasteiger partial charge >= 0.3 is 0 Å². The smallest absolute Gasteiger partial charge is 0.239 e. The van der Waals surface area contributed by atoms with E-state index < -0.39 is 15.9 Å². The van der Waals surface area contributed by atoms with Gasteiger partial charge in [-0.1, -0.05) is 35.3 Å². The molecule has 0 saturated heterocycles. The number of amides is 1. The van der Waals surface area contributed by atoms with E-state index in [1.165, 1.54) is 0 Å². The molecule has 2 rings (SSSR count). The summed E-state index contributed by atoms with van der Waals surface area (Å²) in [5.74, 6) is -0.527. The van der Waals surface area contributed by atoms with Crippen LogP contribution in [0.3, 0.4) is 0 Å². The van der Waals surface area contributed by atoms with Gasteiger partial charge in [0.25, 0.3) is 0 Å².